The van der Waals surface area contributed by atoms with E-state index in [1.165, 1.54) is 64.9 Å². The molecule has 1 unspecified atom stereocenters. The Morgan fingerprint density at radius 1 is 1.35 bits per heavy atom. The predicted octanol–water partition coefficient (Wildman–Crippen LogP) is 0.201. The van der Waals surface area contributed by atoms with Crippen LogP contribution < -0.4 is 11.1 Å². The first-order chi connectivity index (χ1) is 17.3. The van der Waals surface area contributed by atoms with Gasteiger partial charge in [-0.2, -0.15) is 0 Å². The number of rotatable bonds is 9. The molecule has 0 saturated carbocycles. The number of ether oxygens (including phenoxy) is 1. The number of carbonyl (C=O) groups excluding carboxylic acids is 3. The van der Waals surface area contributed by atoms with Gasteiger partial charge in [0.25, 0.3) is 11.8 Å². The van der Waals surface area contributed by atoms with Crippen molar-refractivity contribution in [3.63, 3.8) is 0 Å². The molecule has 4 heterocycles. The molecule has 2 amide bonds. The first-order valence-corrected chi connectivity index (χ1v) is 13.7. The maximum atomic E-state index is 12.9. The van der Waals surface area contributed by atoms with Crippen molar-refractivity contribution in [2.24, 2.45) is 5.16 Å². The zero-order chi connectivity index (χ0) is 26.0. The van der Waals surface area contributed by atoms with Crippen molar-refractivity contribution in [1.82, 2.24) is 20.2 Å². The van der Waals surface area contributed by atoms with Crippen molar-refractivity contribution in [2.75, 3.05) is 31.5 Å². The van der Waals surface area contributed by atoms with E-state index in [0.29, 0.717) is 15.5 Å². The van der Waals surface area contributed by atoms with Gasteiger partial charge in [-0.25, -0.2) is 19.6 Å². The van der Waals surface area contributed by atoms with Crippen LogP contribution >= 0.6 is 46.2 Å². The molecule has 13 nitrogen and oxygen atoms in total. The minimum atomic E-state index is -1.26. The Kier molecular flexibility index (Phi) is 10.6. The van der Waals surface area contributed by atoms with E-state index in [9.17, 15) is 24.3 Å². The molecule has 192 valence electrons. The van der Waals surface area contributed by atoms with Crippen LogP contribution in [0.3, 0.4) is 0 Å². The Morgan fingerprint density at radius 2 is 2.11 bits per heavy atom. The van der Waals surface area contributed by atoms with Crippen LogP contribution in [0.1, 0.15) is 16.2 Å². The normalized spacial score (nSPS) is 18.9. The molecule has 0 radical (unpaired) electrons. The Hall–Kier alpha value is -1.51. The second-order valence-corrected chi connectivity index (χ2v) is 11.2. The monoisotopic (exact) mass is 610 g/mol. The number of nitrogens with one attached hydrogen (secondary N) is 1. The number of amides is 2. The van der Waals surface area contributed by atoms with Crippen LogP contribution in [0.2, 0.25) is 0 Å². The number of thiazole rings is 2. The number of fused-ring (bicyclic) bond motifs is 1. The number of nitrogens with two attached hydrogens (primary N) is 1. The van der Waals surface area contributed by atoms with E-state index in [1.54, 1.807) is 0 Å². The number of methoxy groups -OCH3 is 1. The number of aromatic nitrogens is 2. The molecular formula is C19H19KN6O7S4. The van der Waals surface area contributed by atoms with Gasteiger partial charge in [-0.15, -0.1) is 46.2 Å². The number of carboxylic acids is 1. The number of oxime groups is 1. The van der Waals surface area contributed by atoms with Crippen LogP contribution in [0.4, 0.5) is 5.13 Å². The van der Waals surface area contributed by atoms with Gasteiger partial charge < -0.3 is 25.7 Å². The molecule has 2 atom stereocenters. The van der Waals surface area contributed by atoms with E-state index in [1.807, 2.05) is 0 Å². The Bertz CT molecular complexity index is 1300. The number of carboxylic acid groups (broad SMARTS) is 1. The number of carbonyl (C=O) groups is 4. The fraction of sp³-hybridized carbons (Fsp3) is 0.316. The van der Waals surface area contributed by atoms with Crippen LogP contribution in [-0.4, -0.2) is 138 Å². The molecule has 2 aliphatic rings. The number of nitrogen functional groups attached to an aromatic ring is 1. The van der Waals surface area contributed by atoms with Gasteiger partial charge in [0.1, 0.15) is 29.9 Å². The Labute approximate surface area is 269 Å². The Balaban J connectivity index is 0.00000380. The van der Waals surface area contributed by atoms with Gasteiger partial charge in [-0.05, 0) is 5.57 Å². The van der Waals surface area contributed by atoms with Gasteiger partial charge in [0, 0.05) is 16.9 Å². The van der Waals surface area contributed by atoms with Crippen LogP contribution in [0.15, 0.2) is 31.5 Å². The summed E-state index contributed by atoms with van der Waals surface area (Å²) in [5.41, 5.74) is 7.70. The fourth-order valence-corrected chi connectivity index (χ4v) is 7.34. The summed E-state index contributed by atoms with van der Waals surface area (Å²) in [4.78, 5) is 63.7. The summed E-state index contributed by atoms with van der Waals surface area (Å²) in [6.07, 6.45) is 0. The summed E-state index contributed by atoms with van der Waals surface area (Å²) in [5.74, 6) is -2.58. The number of β-lactam (4-membered cyclic amide) rings is 1. The molecule has 0 spiro atoms. The summed E-state index contributed by atoms with van der Waals surface area (Å²) in [6, 6.07) is -0.962. The summed E-state index contributed by atoms with van der Waals surface area (Å²) in [6.45, 7) is 0. The standard InChI is InChI=1S/C19H18N6O7S4.K.H/c1-31-17(30)11-18(36-6-21-11)34-4-7-3-33-15-10(14(27)25(15)12(7)16(28)29)23-13(26)9(24-32-2)8-5-35-19(20)22-8;;/h5-6,10,15H,3-4H2,1-2H3,(H2,20,22)(H,23,26)(H,28,29);;/b24-9-;;/t10?,15-;;/m1../s1. The second-order valence-electron chi connectivity index (χ2n) is 7.08. The van der Waals surface area contributed by atoms with Crippen LogP contribution in [0, 0.1) is 0 Å². The van der Waals surface area contributed by atoms with Crippen molar-refractivity contribution < 1.29 is 33.9 Å². The van der Waals surface area contributed by atoms with E-state index < -0.39 is 35.2 Å². The summed E-state index contributed by atoms with van der Waals surface area (Å²) >= 11 is 4.91. The topological polar surface area (TPSA) is 186 Å². The molecule has 0 aliphatic carbocycles. The van der Waals surface area contributed by atoms with Crippen molar-refractivity contribution in [3.8, 4) is 0 Å². The number of hydrogen-bond donors (Lipinski definition) is 3. The van der Waals surface area contributed by atoms with E-state index in [2.05, 4.69) is 20.4 Å². The van der Waals surface area contributed by atoms with Crippen LogP contribution in [-0.2, 0) is 24.0 Å². The third-order valence-electron chi connectivity index (χ3n) is 4.99. The zero-order valence-electron chi connectivity index (χ0n) is 18.6. The van der Waals surface area contributed by atoms with Crippen molar-refractivity contribution in [1.29, 1.82) is 0 Å². The summed E-state index contributed by atoms with van der Waals surface area (Å²) < 4.78 is 5.30. The molecule has 0 bridgehead atoms. The molecule has 2 aromatic heterocycles. The number of thioether (sulfide) groups is 2. The zero-order valence-corrected chi connectivity index (χ0v) is 21.9. The van der Waals surface area contributed by atoms with Gasteiger partial charge >= 0.3 is 63.3 Å². The fourth-order valence-electron chi connectivity index (χ4n) is 3.42. The average Bonchev–Trinajstić information content (AvgIpc) is 3.51. The molecule has 0 aromatic carbocycles. The molecule has 2 aromatic rings. The second kappa shape index (κ2) is 13.0. The molecule has 2 aliphatic heterocycles. The number of aliphatic carboxylic acids is 1. The third-order valence-corrected chi connectivity index (χ3v) is 9.21. The molecule has 4 N–H and O–H groups in total. The number of esters is 1. The van der Waals surface area contributed by atoms with E-state index in [4.69, 9.17) is 15.3 Å². The van der Waals surface area contributed by atoms with Crippen molar-refractivity contribution in [2.45, 2.75) is 15.6 Å². The minimum absolute atomic E-state index is 0. The Morgan fingerprint density at radius 3 is 2.73 bits per heavy atom. The average molecular weight is 611 g/mol. The molecule has 18 heteroatoms. The van der Waals surface area contributed by atoms with E-state index in [0.717, 1.165) is 11.3 Å². The van der Waals surface area contributed by atoms with Crippen LogP contribution in [0.5, 0.6) is 0 Å². The van der Waals surface area contributed by atoms with E-state index in [-0.39, 0.29) is 85.1 Å². The van der Waals surface area contributed by atoms with Gasteiger partial charge in [-0.3, -0.25) is 14.5 Å². The number of anilines is 1. The van der Waals surface area contributed by atoms with Gasteiger partial charge in [0.05, 0.1) is 16.8 Å². The first-order valence-electron chi connectivity index (χ1n) is 9.94. The molecule has 4 rings (SSSR count). The SMILES string of the molecule is CO/N=C(\C(=O)NC1C(=O)N2C(C(=O)O)=C(CSc3scnc3C(=O)OC)CS[C@H]12)c1csc(N)n1.[KH]. The van der Waals surface area contributed by atoms with Gasteiger partial charge in [-0.1, -0.05) is 5.16 Å². The number of hydrogen-bond acceptors (Lipinski definition) is 14. The van der Waals surface area contributed by atoms with Crippen molar-refractivity contribution >= 4 is 132 Å². The first kappa shape index (κ1) is 30.0. The summed E-state index contributed by atoms with van der Waals surface area (Å²) in [5, 5.41) is 17.3. The molecule has 1 fully saturated rings. The molecule has 1 saturated heterocycles. The molecular weight excluding hydrogens is 592 g/mol. The van der Waals surface area contributed by atoms with Crippen LogP contribution in [0.25, 0.3) is 0 Å². The molecule has 37 heavy (non-hydrogen) atoms. The quantitative estimate of drug-likeness (QED) is 0.0876. The van der Waals surface area contributed by atoms with Gasteiger partial charge in [0.15, 0.2) is 16.5 Å². The predicted molar refractivity (Wildman–Crippen MR) is 141 cm³/mol. The van der Waals surface area contributed by atoms with E-state index >= 15 is 0 Å². The maximum absolute atomic E-state index is 12.9. The van der Waals surface area contributed by atoms with Gasteiger partial charge in [0.2, 0.25) is 0 Å². The number of nitrogens with zero attached hydrogens (tertiary/aromatic N) is 4. The van der Waals surface area contributed by atoms with Crippen molar-refractivity contribution in [3.05, 3.63) is 33.5 Å². The third kappa shape index (κ3) is 6.22. The summed E-state index contributed by atoms with van der Waals surface area (Å²) in [7, 11) is 2.51.